The minimum atomic E-state index is -0.0523. The average molecular weight is 413 g/mol. The molecule has 156 valence electrons. The van der Waals surface area contributed by atoms with Gasteiger partial charge in [-0.25, -0.2) is 9.67 Å². The van der Waals surface area contributed by atoms with E-state index in [2.05, 4.69) is 18.2 Å². The molecule has 4 aromatic rings. The molecule has 31 heavy (non-hydrogen) atoms. The van der Waals surface area contributed by atoms with Gasteiger partial charge in [0, 0.05) is 12.0 Å². The molecule has 6 heteroatoms. The van der Waals surface area contributed by atoms with Gasteiger partial charge in [0.25, 0.3) is 0 Å². The molecule has 3 heterocycles. The maximum atomic E-state index is 5.70. The van der Waals surface area contributed by atoms with Gasteiger partial charge in [-0.05, 0) is 42.3 Å². The Hall–Kier alpha value is -3.80. The van der Waals surface area contributed by atoms with Crippen molar-refractivity contribution in [3.63, 3.8) is 0 Å². The average Bonchev–Trinajstić information content (AvgIpc) is 3.46. The van der Waals surface area contributed by atoms with Gasteiger partial charge in [0.05, 0.1) is 37.9 Å². The summed E-state index contributed by atoms with van der Waals surface area (Å²) in [5, 5.41) is 4.91. The van der Waals surface area contributed by atoms with Gasteiger partial charge in [-0.3, -0.25) is 0 Å². The van der Waals surface area contributed by atoms with E-state index in [1.165, 1.54) is 0 Å². The van der Waals surface area contributed by atoms with Crippen LogP contribution < -0.4 is 9.47 Å². The normalized spacial score (nSPS) is 15.3. The van der Waals surface area contributed by atoms with Crippen molar-refractivity contribution in [2.24, 2.45) is 4.99 Å². The second-order valence-corrected chi connectivity index (χ2v) is 7.46. The summed E-state index contributed by atoms with van der Waals surface area (Å²) in [6, 6.07) is 20.0. The number of rotatable bonds is 5. The highest BCUT2D eigenvalue weighted by atomic mass is 16.5. The van der Waals surface area contributed by atoms with E-state index in [1.54, 1.807) is 20.5 Å². The lowest BCUT2D eigenvalue weighted by atomic mass is 9.97. The Morgan fingerprint density at radius 1 is 0.968 bits per heavy atom. The van der Waals surface area contributed by atoms with E-state index < -0.39 is 0 Å². The van der Waals surface area contributed by atoms with Crippen LogP contribution in [0.3, 0.4) is 0 Å². The highest BCUT2D eigenvalue weighted by Gasteiger charge is 2.31. The predicted molar refractivity (Wildman–Crippen MR) is 120 cm³/mol. The van der Waals surface area contributed by atoms with Crippen LogP contribution in [0.15, 0.2) is 76.3 Å². The minimum Gasteiger partial charge on any atom is -0.493 e. The van der Waals surface area contributed by atoms with Gasteiger partial charge in [-0.2, -0.15) is 5.10 Å². The fourth-order valence-corrected chi connectivity index (χ4v) is 4.16. The zero-order valence-corrected chi connectivity index (χ0v) is 17.7. The van der Waals surface area contributed by atoms with E-state index in [1.807, 2.05) is 54.1 Å². The number of ether oxygens (including phenoxy) is 2. The summed E-state index contributed by atoms with van der Waals surface area (Å²) >= 11 is 0. The lowest BCUT2D eigenvalue weighted by Crippen LogP contribution is -2.21. The maximum absolute atomic E-state index is 5.70. The number of aliphatic imine (C=N–C) groups is 1. The number of benzene rings is 2. The molecule has 0 spiro atoms. The molecule has 0 N–H and O–H groups in total. The van der Waals surface area contributed by atoms with Crippen molar-refractivity contribution in [3.05, 3.63) is 83.9 Å². The fraction of sp³-hybridized carbons (Fsp3) is 0.200. The summed E-state index contributed by atoms with van der Waals surface area (Å²) in [6.07, 6.45) is 2.34. The number of nitrogens with zero attached hydrogens (tertiary/aromatic N) is 3. The lowest BCUT2D eigenvalue weighted by Gasteiger charge is -2.25. The van der Waals surface area contributed by atoms with E-state index in [0.29, 0.717) is 17.9 Å². The van der Waals surface area contributed by atoms with Crippen LogP contribution >= 0.6 is 0 Å². The summed E-state index contributed by atoms with van der Waals surface area (Å²) in [6.45, 7) is 2.03. The number of furan rings is 1. The summed E-state index contributed by atoms with van der Waals surface area (Å²) in [5.41, 5.74) is 5.04. The van der Waals surface area contributed by atoms with Gasteiger partial charge in [-0.15, -0.1) is 0 Å². The van der Waals surface area contributed by atoms with Crippen LogP contribution in [0.4, 0.5) is 5.82 Å². The van der Waals surface area contributed by atoms with Crippen molar-refractivity contribution >= 4 is 11.5 Å². The second kappa shape index (κ2) is 7.80. The summed E-state index contributed by atoms with van der Waals surface area (Å²) in [4.78, 5) is 5.00. The van der Waals surface area contributed by atoms with E-state index >= 15 is 0 Å². The Balaban J connectivity index is 1.70. The molecule has 6 nitrogen and oxygen atoms in total. The SMILES string of the molecule is COc1ccc([C@@H]2CC(c3ccco3)=Nc3c(-c4ccccc4)c(C)nn32)cc1OC. The van der Waals surface area contributed by atoms with Crippen molar-refractivity contribution in [1.29, 1.82) is 0 Å². The van der Waals surface area contributed by atoms with Gasteiger partial charge in [0.15, 0.2) is 17.3 Å². The van der Waals surface area contributed by atoms with Gasteiger partial charge in [0.1, 0.15) is 5.76 Å². The van der Waals surface area contributed by atoms with E-state index in [-0.39, 0.29) is 6.04 Å². The first kappa shape index (κ1) is 19.2. The van der Waals surface area contributed by atoms with Crippen LogP contribution in [0.25, 0.3) is 11.1 Å². The number of aryl methyl sites for hydroxylation is 1. The third-order valence-corrected chi connectivity index (χ3v) is 5.64. The van der Waals surface area contributed by atoms with Crippen molar-refractivity contribution in [1.82, 2.24) is 9.78 Å². The quantitative estimate of drug-likeness (QED) is 0.428. The number of methoxy groups -OCH3 is 2. The number of hydrogen-bond acceptors (Lipinski definition) is 5. The third kappa shape index (κ3) is 3.30. The second-order valence-electron chi connectivity index (χ2n) is 7.46. The van der Waals surface area contributed by atoms with Crippen LogP contribution in [-0.2, 0) is 0 Å². The Kier molecular flexibility index (Phi) is 4.82. The fourth-order valence-electron chi connectivity index (χ4n) is 4.16. The summed E-state index contributed by atoms with van der Waals surface area (Å²) < 4.78 is 18.7. The van der Waals surface area contributed by atoms with Crippen molar-refractivity contribution in [3.8, 4) is 22.6 Å². The molecule has 2 aromatic carbocycles. The van der Waals surface area contributed by atoms with Crippen molar-refractivity contribution < 1.29 is 13.9 Å². The van der Waals surface area contributed by atoms with Gasteiger partial charge >= 0.3 is 0 Å². The first-order chi connectivity index (χ1) is 15.2. The highest BCUT2D eigenvalue weighted by Crippen LogP contribution is 2.43. The Morgan fingerprint density at radius 2 is 1.77 bits per heavy atom. The molecule has 0 radical (unpaired) electrons. The smallest absolute Gasteiger partial charge is 0.161 e. The molecule has 0 aliphatic carbocycles. The van der Waals surface area contributed by atoms with Gasteiger partial charge in [-0.1, -0.05) is 36.4 Å². The molecule has 0 saturated carbocycles. The molecule has 1 atom stereocenters. The molecule has 0 unspecified atom stereocenters. The van der Waals surface area contributed by atoms with Crippen LogP contribution in [0.2, 0.25) is 0 Å². The minimum absolute atomic E-state index is 0.0523. The predicted octanol–water partition coefficient (Wildman–Crippen LogP) is 5.58. The zero-order chi connectivity index (χ0) is 21.4. The molecule has 2 aromatic heterocycles. The van der Waals surface area contributed by atoms with Crippen LogP contribution in [0, 0.1) is 6.92 Å². The largest absolute Gasteiger partial charge is 0.493 e. The molecule has 1 aliphatic rings. The monoisotopic (exact) mass is 413 g/mol. The highest BCUT2D eigenvalue weighted by molar-refractivity contribution is 6.02. The standard InChI is InChI=1S/C25H23N3O3/c1-16-24(17-8-5-4-6-9-17)25-26-19(21-10-7-13-31-21)15-20(28(25)27-16)18-11-12-22(29-2)23(14-18)30-3/h4-14,20H,15H2,1-3H3/t20-/m0/s1. The first-order valence-electron chi connectivity index (χ1n) is 10.2. The Morgan fingerprint density at radius 3 is 2.48 bits per heavy atom. The molecule has 0 bridgehead atoms. The summed E-state index contributed by atoms with van der Waals surface area (Å²) in [5.74, 6) is 3.00. The van der Waals surface area contributed by atoms with E-state index in [0.717, 1.165) is 39.7 Å². The van der Waals surface area contributed by atoms with Crippen molar-refractivity contribution in [2.45, 2.75) is 19.4 Å². The molecule has 1 aliphatic heterocycles. The number of fused-ring (bicyclic) bond motifs is 1. The molecule has 0 fully saturated rings. The molecular weight excluding hydrogens is 390 g/mol. The number of aromatic nitrogens is 2. The van der Waals surface area contributed by atoms with Crippen LogP contribution in [0.1, 0.15) is 29.5 Å². The first-order valence-corrected chi connectivity index (χ1v) is 10.2. The Labute approximate surface area is 180 Å². The number of hydrogen-bond donors (Lipinski definition) is 0. The molecule has 0 amide bonds. The van der Waals surface area contributed by atoms with Crippen LogP contribution in [-0.4, -0.2) is 29.7 Å². The van der Waals surface area contributed by atoms with Gasteiger partial charge < -0.3 is 13.9 Å². The molecule has 0 saturated heterocycles. The summed E-state index contributed by atoms with van der Waals surface area (Å²) in [7, 11) is 3.29. The molecule has 5 rings (SSSR count). The third-order valence-electron chi connectivity index (χ3n) is 5.64. The van der Waals surface area contributed by atoms with Crippen LogP contribution in [0.5, 0.6) is 11.5 Å². The zero-order valence-electron chi connectivity index (χ0n) is 17.7. The van der Waals surface area contributed by atoms with Gasteiger partial charge in [0.2, 0.25) is 0 Å². The lowest BCUT2D eigenvalue weighted by molar-refractivity contribution is 0.353. The van der Waals surface area contributed by atoms with E-state index in [4.69, 9.17) is 24.0 Å². The topological polar surface area (TPSA) is 61.8 Å². The van der Waals surface area contributed by atoms with E-state index in [9.17, 15) is 0 Å². The maximum Gasteiger partial charge on any atom is 0.161 e. The van der Waals surface area contributed by atoms with Crippen molar-refractivity contribution in [2.75, 3.05) is 14.2 Å². The molecular formula is C25H23N3O3. The Bertz CT molecular complexity index is 1240.